The topological polar surface area (TPSA) is 73.4 Å². The van der Waals surface area contributed by atoms with Crippen LogP contribution < -0.4 is 10.5 Å². The lowest BCUT2D eigenvalue weighted by Gasteiger charge is -2.22. The third kappa shape index (κ3) is 3.22. The fourth-order valence-corrected chi connectivity index (χ4v) is 1.71. The molecule has 1 atom stereocenters. The lowest BCUT2D eigenvalue weighted by atomic mass is 10.1. The largest absolute Gasteiger partial charge is 0.481 e. The maximum Gasteiger partial charge on any atom is 0.274 e. The molecule has 1 aromatic rings. The van der Waals surface area contributed by atoms with Gasteiger partial charge in [0.05, 0.1) is 7.11 Å². The standard InChI is InChI=1S/C12H22N4O2/c1-5-16(8-9(2)7-13)12(17)10-6-11(18-4)15(3)14-10/h6,9H,5,7-8,13H2,1-4H3. The van der Waals surface area contributed by atoms with Gasteiger partial charge < -0.3 is 15.4 Å². The van der Waals surface area contributed by atoms with Crippen molar-refractivity contribution in [3.8, 4) is 5.88 Å². The van der Waals surface area contributed by atoms with Gasteiger partial charge in [-0.25, -0.2) is 4.68 Å². The summed E-state index contributed by atoms with van der Waals surface area (Å²) in [7, 11) is 3.30. The third-order valence-electron chi connectivity index (χ3n) is 2.87. The van der Waals surface area contributed by atoms with Gasteiger partial charge in [0.1, 0.15) is 0 Å². The van der Waals surface area contributed by atoms with E-state index in [0.29, 0.717) is 31.2 Å². The van der Waals surface area contributed by atoms with Gasteiger partial charge in [-0.2, -0.15) is 5.10 Å². The molecule has 6 heteroatoms. The van der Waals surface area contributed by atoms with E-state index in [9.17, 15) is 4.79 Å². The van der Waals surface area contributed by atoms with Crippen LogP contribution in [0.25, 0.3) is 0 Å². The normalized spacial score (nSPS) is 12.3. The van der Waals surface area contributed by atoms with E-state index in [1.807, 2.05) is 13.8 Å². The Kier molecular flexibility index (Phi) is 5.15. The highest BCUT2D eigenvalue weighted by Crippen LogP contribution is 2.13. The average Bonchev–Trinajstić information content (AvgIpc) is 2.76. The van der Waals surface area contributed by atoms with E-state index in [1.165, 1.54) is 0 Å². The number of hydrogen-bond acceptors (Lipinski definition) is 4. The van der Waals surface area contributed by atoms with Gasteiger partial charge in [-0.1, -0.05) is 6.92 Å². The van der Waals surface area contributed by atoms with E-state index >= 15 is 0 Å². The number of amides is 1. The Morgan fingerprint density at radius 3 is 2.78 bits per heavy atom. The third-order valence-corrected chi connectivity index (χ3v) is 2.87. The van der Waals surface area contributed by atoms with Gasteiger partial charge in [-0.3, -0.25) is 4.79 Å². The van der Waals surface area contributed by atoms with Gasteiger partial charge in [0.15, 0.2) is 5.69 Å². The van der Waals surface area contributed by atoms with Gasteiger partial charge in [0.2, 0.25) is 5.88 Å². The van der Waals surface area contributed by atoms with E-state index in [2.05, 4.69) is 5.10 Å². The summed E-state index contributed by atoms with van der Waals surface area (Å²) in [5.74, 6) is 0.762. The maximum absolute atomic E-state index is 12.3. The minimum Gasteiger partial charge on any atom is -0.481 e. The molecule has 0 aliphatic rings. The van der Waals surface area contributed by atoms with Crippen LogP contribution in [0.1, 0.15) is 24.3 Å². The predicted molar refractivity (Wildman–Crippen MR) is 69.6 cm³/mol. The van der Waals surface area contributed by atoms with Crippen molar-refractivity contribution in [3.05, 3.63) is 11.8 Å². The Labute approximate surface area is 108 Å². The van der Waals surface area contributed by atoms with E-state index < -0.39 is 0 Å². The number of ether oxygens (including phenoxy) is 1. The first-order valence-corrected chi connectivity index (χ1v) is 6.10. The van der Waals surface area contributed by atoms with Gasteiger partial charge in [0, 0.05) is 26.2 Å². The lowest BCUT2D eigenvalue weighted by Crippen LogP contribution is -2.36. The summed E-state index contributed by atoms with van der Waals surface area (Å²) in [4.78, 5) is 14.0. The van der Waals surface area contributed by atoms with Gasteiger partial charge in [-0.05, 0) is 19.4 Å². The van der Waals surface area contributed by atoms with Crippen LogP contribution in [-0.2, 0) is 7.05 Å². The molecule has 0 fully saturated rings. The number of nitrogens with two attached hydrogens (primary N) is 1. The molecule has 18 heavy (non-hydrogen) atoms. The molecule has 0 aliphatic heterocycles. The molecule has 0 spiro atoms. The molecule has 0 saturated carbocycles. The van der Waals surface area contributed by atoms with Crippen LogP contribution in [0.2, 0.25) is 0 Å². The number of rotatable bonds is 6. The Morgan fingerprint density at radius 2 is 2.33 bits per heavy atom. The van der Waals surface area contributed by atoms with Crippen molar-refractivity contribution in [1.29, 1.82) is 0 Å². The summed E-state index contributed by atoms with van der Waals surface area (Å²) in [5, 5.41) is 4.15. The number of nitrogens with zero attached hydrogens (tertiary/aromatic N) is 3. The summed E-state index contributed by atoms with van der Waals surface area (Å²) >= 11 is 0. The molecule has 1 rings (SSSR count). The van der Waals surface area contributed by atoms with E-state index in [4.69, 9.17) is 10.5 Å². The Morgan fingerprint density at radius 1 is 1.67 bits per heavy atom. The Bertz CT molecular complexity index is 403. The number of methoxy groups -OCH3 is 1. The molecule has 2 N–H and O–H groups in total. The van der Waals surface area contributed by atoms with Crippen LogP contribution in [-0.4, -0.2) is 47.3 Å². The number of carbonyl (C=O) groups is 1. The zero-order chi connectivity index (χ0) is 13.7. The van der Waals surface area contributed by atoms with E-state index in [0.717, 1.165) is 0 Å². The highest BCUT2D eigenvalue weighted by Gasteiger charge is 2.20. The monoisotopic (exact) mass is 254 g/mol. The molecule has 102 valence electrons. The van der Waals surface area contributed by atoms with Gasteiger partial charge >= 0.3 is 0 Å². The molecule has 0 aromatic carbocycles. The molecule has 0 aliphatic carbocycles. The fraction of sp³-hybridized carbons (Fsp3) is 0.667. The van der Waals surface area contributed by atoms with Crippen molar-refractivity contribution in [2.24, 2.45) is 18.7 Å². The zero-order valence-electron chi connectivity index (χ0n) is 11.5. The Balaban J connectivity index is 2.82. The molecule has 1 heterocycles. The smallest absolute Gasteiger partial charge is 0.274 e. The number of carbonyl (C=O) groups excluding carboxylic acids is 1. The summed E-state index contributed by atoms with van der Waals surface area (Å²) < 4.78 is 6.65. The second-order valence-electron chi connectivity index (χ2n) is 4.38. The van der Waals surface area contributed by atoms with Crippen LogP contribution in [0.3, 0.4) is 0 Å². The molecule has 1 aromatic heterocycles. The average molecular weight is 254 g/mol. The van der Waals surface area contributed by atoms with Crippen LogP contribution in [0, 0.1) is 5.92 Å². The summed E-state index contributed by atoms with van der Waals surface area (Å²) in [5.41, 5.74) is 5.99. The van der Waals surface area contributed by atoms with Crippen LogP contribution in [0.5, 0.6) is 5.88 Å². The summed E-state index contributed by atoms with van der Waals surface area (Å²) in [6.45, 7) is 5.82. The molecule has 1 amide bonds. The first-order chi connectivity index (χ1) is 8.53. The number of hydrogen-bond donors (Lipinski definition) is 1. The van der Waals surface area contributed by atoms with Crippen LogP contribution >= 0.6 is 0 Å². The minimum atomic E-state index is -0.0864. The minimum absolute atomic E-state index is 0.0864. The highest BCUT2D eigenvalue weighted by molar-refractivity contribution is 5.92. The quantitative estimate of drug-likeness (QED) is 0.801. The number of aryl methyl sites for hydroxylation is 1. The summed E-state index contributed by atoms with van der Waals surface area (Å²) in [6.07, 6.45) is 0. The Hall–Kier alpha value is -1.56. The highest BCUT2D eigenvalue weighted by atomic mass is 16.5. The SMILES string of the molecule is CCN(CC(C)CN)C(=O)c1cc(OC)n(C)n1. The molecular formula is C12H22N4O2. The van der Waals surface area contributed by atoms with E-state index in [1.54, 1.807) is 29.8 Å². The van der Waals surface area contributed by atoms with Crippen molar-refractivity contribution in [2.75, 3.05) is 26.7 Å². The molecule has 6 nitrogen and oxygen atoms in total. The molecule has 1 unspecified atom stereocenters. The van der Waals surface area contributed by atoms with Crippen LogP contribution in [0.15, 0.2) is 6.07 Å². The molecule has 0 saturated heterocycles. The fourth-order valence-electron chi connectivity index (χ4n) is 1.71. The van der Waals surface area contributed by atoms with E-state index in [-0.39, 0.29) is 11.8 Å². The van der Waals surface area contributed by atoms with Gasteiger partial charge in [0.25, 0.3) is 5.91 Å². The first-order valence-electron chi connectivity index (χ1n) is 6.10. The first kappa shape index (κ1) is 14.5. The van der Waals surface area contributed by atoms with Crippen molar-refractivity contribution in [2.45, 2.75) is 13.8 Å². The number of aromatic nitrogens is 2. The maximum atomic E-state index is 12.3. The second-order valence-corrected chi connectivity index (χ2v) is 4.38. The second kappa shape index (κ2) is 6.39. The van der Waals surface area contributed by atoms with Crippen LogP contribution in [0.4, 0.5) is 0 Å². The molecule has 0 radical (unpaired) electrons. The molecular weight excluding hydrogens is 232 g/mol. The zero-order valence-corrected chi connectivity index (χ0v) is 11.5. The van der Waals surface area contributed by atoms with Gasteiger partial charge in [-0.15, -0.1) is 0 Å². The summed E-state index contributed by atoms with van der Waals surface area (Å²) in [6, 6.07) is 1.65. The van der Waals surface area contributed by atoms with Crippen molar-refractivity contribution < 1.29 is 9.53 Å². The predicted octanol–water partition coefficient (Wildman–Crippen LogP) is 0.486. The lowest BCUT2D eigenvalue weighted by molar-refractivity contribution is 0.0737. The van der Waals surface area contributed by atoms with Crippen molar-refractivity contribution in [1.82, 2.24) is 14.7 Å². The molecule has 0 bridgehead atoms. The van der Waals surface area contributed by atoms with Crippen molar-refractivity contribution in [3.63, 3.8) is 0 Å². The van der Waals surface area contributed by atoms with Crippen molar-refractivity contribution >= 4 is 5.91 Å².